The molecule has 1 heterocycles. The number of carbonyl (C=O) groups is 1. The highest BCUT2D eigenvalue weighted by molar-refractivity contribution is 6.05. The molecule has 0 bridgehead atoms. The number of nitrogens with one attached hydrogen (secondary N) is 2. The largest absolute Gasteiger partial charge is 0.385 e. The quantitative estimate of drug-likeness (QED) is 0.761. The molecule has 1 amide bonds. The molecule has 2 rings (SSSR count). The van der Waals surface area contributed by atoms with Gasteiger partial charge in [-0.2, -0.15) is 0 Å². The van der Waals surface area contributed by atoms with E-state index in [0.29, 0.717) is 12.2 Å². The number of hydrogen-bond donors (Lipinski definition) is 2. The fourth-order valence-electron chi connectivity index (χ4n) is 2.63. The van der Waals surface area contributed by atoms with E-state index in [1.807, 2.05) is 26.8 Å². The highest BCUT2D eigenvalue weighted by Crippen LogP contribution is 2.22. The number of aryl methyl sites for hydroxylation is 3. The average molecular weight is 327 g/mol. The Morgan fingerprint density at radius 1 is 1.17 bits per heavy atom. The van der Waals surface area contributed by atoms with Gasteiger partial charge in [0, 0.05) is 32.1 Å². The number of aromatic nitrogens is 1. The summed E-state index contributed by atoms with van der Waals surface area (Å²) < 4.78 is 5.00. The van der Waals surface area contributed by atoms with E-state index in [1.54, 1.807) is 19.4 Å². The summed E-state index contributed by atoms with van der Waals surface area (Å²) in [4.78, 5) is 16.7. The van der Waals surface area contributed by atoms with Crippen LogP contribution in [0.15, 0.2) is 30.5 Å². The van der Waals surface area contributed by atoms with E-state index in [4.69, 9.17) is 4.74 Å². The van der Waals surface area contributed by atoms with Crippen LogP contribution in [-0.2, 0) is 4.74 Å². The summed E-state index contributed by atoms with van der Waals surface area (Å²) in [7, 11) is 1.68. The van der Waals surface area contributed by atoms with Gasteiger partial charge in [0.1, 0.15) is 5.82 Å². The SMILES string of the molecule is COCCCNc1ccc(C(=O)Nc2c(C)cc(C)cc2C)cn1. The van der Waals surface area contributed by atoms with Crippen molar-refractivity contribution < 1.29 is 9.53 Å². The van der Waals surface area contributed by atoms with E-state index < -0.39 is 0 Å². The van der Waals surface area contributed by atoms with Crippen molar-refractivity contribution >= 4 is 17.4 Å². The first kappa shape index (κ1) is 17.9. The van der Waals surface area contributed by atoms with Gasteiger partial charge < -0.3 is 15.4 Å². The molecule has 0 atom stereocenters. The van der Waals surface area contributed by atoms with Crippen LogP contribution in [0.4, 0.5) is 11.5 Å². The predicted octanol–water partition coefficient (Wildman–Crippen LogP) is 3.71. The van der Waals surface area contributed by atoms with Gasteiger partial charge in [-0.1, -0.05) is 17.7 Å². The summed E-state index contributed by atoms with van der Waals surface area (Å²) in [5.41, 5.74) is 4.72. The summed E-state index contributed by atoms with van der Waals surface area (Å²) >= 11 is 0. The molecule has 24 heavy (non-hydrogen) atoms. The van der Waals surface area contributed by atoms with Crippen LogP contribution < -0.4 is 10.6 Å². The van der Waals surface area contributed by atoms with Crippen molar-refractivity contribution in [2.24, 2.45) is 0 Å². The number of methoxy groups -OCH3 is 1. The van der Waals surface area contributed by atoms with Crippen LogP contribution >= 0.6 is 0 Å². The molecular weight excluding hydrogens is 302 g/mol. The summed E-state index contributed by atoms with van der Waals surface area (Å²) in [5, 5.41) is 6.18. The number of anilines is 2. The van der Waals surface area contributed by atoms with Crippen molar-refractivity contribution in [3.8, 4) is 0 Å². The molecule has 0 fully saturated rings. The Kier molecular flexibility index (Phi) is 6.32. The second-order valence-corrected chi connectivity index (χ2v) is 5.93. The lowest BCUT2D eigenvalue weighted by molar-refractivity contribution is 0.102. The second kappa shape index (κ2) is 8.45. The number of amides is 1. The van der Waals surface area contributed by atoms with Crippen molar-refractivity contribution in [2.75, 3.05) is 30.9 Å². The van der Waals surface area contributed by atoms with Crippen LogP contribution in [0, 0.1) is 20.8 Å². The Morgan fingerprint density at radius 2 is 1.88 bits per heavy atom. The molecule has 0 aliphatic rings. The van der Waals surface area contributed by atoms with Crippen LogP contribution in [-0.4, -0.2) is 31.2 Å². The predicted molar refractivity (Wildman–Crippen MR) is 97.8 cm³/mol. The summed E-state index contributed by atoms with van der Waals surface area (Å²) in [5.74, 6) is 0.605. The van der Waals surface area contributed by atoms with Crippen LogP contribution in [0.25, 0.3) is 0 Å². The van der Waals surface area contributed by atoms with Gasteiger partial charge in [0.2, 0.25) is 0 Å². The molecule has 128 valence electrons. The van der Waals surface area contributed by atoms with E-state index in [9.17, 15) is 4.79 Å². The zero-order valence-corrected chi connectivity index (χ0v) is 14.8. The van der Waals surface area contributed by atoms with Gasteiger partial charge >= 0.3 is 0 Å². The van der Waals surface area contributed by atoms with Gasteiger partial charge in [0.15, 0.2) is 0 Å². The van der Waals surface area contributed by atoms with Gasteiger partial charge in [-0.05, 0) is 50.5 Å². The monoisotopic (exact) mass is 327 g/mol. The molecule has 0 radical (unpaired) electrons. The van der Waals surface area contributed by atoms with Crippen molar-refractivity contribution in [3.05, 3.63) is 52.7 Å². The van der Waals surface area contributed by atoms with E-state index >= 15 is 0 Å². The number of ether oxygens (including phenoxy) is 1. The number of hydrogen-bond acceptors (Lipinski definition) is 4. The second-order valence-electron chi connectivity index (χ2n) is 5.93. The Bertz CT molecular complexity index is 673. The zero-order chi connectivity index (χ0) is 17.5. The molecule has 5 nitrogen and oxygen atoms in total. The van der Waals surface area contributed by atoms with Gasteiger partial charge in [0.25, 0.3) is 5.91 Å². The Labute approximate surface area is 143 Å². The van der Waals surface area contributed by atoms with Crippen molar-refractivity contribution in [2.45, 2.75) is 27.2 Å². The highest BCUT2D eigenvalue weighted by atomic mass is 16.5. The third-order valence-electron chi connectivity index (χ3n) is 3.77. The number of rotatable bonds is 7. The molecule has 1 aromatic heterocycles. The third kappa shape index (κ3) is 4.80. The molecule has 0 aliphatic heterocycles. The van der Waals surface area contributed by atoms with Gasteiger partial charge in [0.05, 0.1) is 5.56 Å². The van der Waals surface area contributed by atoms with E-state index in [-0.39, 0.29) is 5.91 Å². The highest BCUT2D eigenvalue weighted by Gasteiger charge is 2.10. The van der Waals surface area contributed by atoms with Crippen LogP contribution in [0.2, 0.25) is 0 Å². The Morgan fingerprint density at radius 3 is 2.46 bits per heavy atom. The van der Waals surface area contributed by atoms with E-state index in [2.05, 4.69) is 27.8 Å². The lowest BCUT2D eigenvalue weighted by Gasteiger charge is -2.13. The third-order valence-corrected chi connectivity index (χ3v) is 3.77. The molecule has 0 saturated heterocycles. The van der Waals surface area contributed by atoms with Crippen LogP contribution in [0.3, 0.4) is 0 Å². The fraction of sp³-hybridized carbons (Fsp3) is 0.368. The maximum absolute atomic E-state index is 12.4. The average Bonchev–Trinajstić information content (AvgIpc) is 2.55. The minimum atomic E-state index is -0.150. The molecule has 1 aromatic carbocycles. The first-order valence-corrected chi connectivity index (χ1v) is 8.09. The van der Waals surface area contributed by atoms with E-state index in [1.165, 1.54) is 5.56 Å². The maximum Gasteiger partial charge on any atom is 0.257 e. The molecule has 0 unspecified atom stereocenters. The summed E-state index contributed by atoms with van der Waals surface area (Å²) in [6.07, 6.45) is 2.50. The topological polar surface area (TPSA) is 63.2 Å². The Hall–Kier alpha value is -2.40. The first-order chi connectivity index (χ1) is 11.5. The number of nitrogens with zero attached hydrogens (tertiary/aromatic N) is 1. The summed E-state index contributed by atoms with van der Waals surface area (Å²) in [6, 6.07) is 7.72. The van der Waals surface area contributed by atoms with Gasteiger partial charge in [-0.15, -0.1) is 0 Å². The Balaban J connectivity index is 2.00. The van der Waals surface area contributed by atoms with Crippen LogP contribution in [0.1, 0.15) is 33.5 Å². The molecule has 0 spiro atoms. The first-order valence-electron chi connectivity index (χ1n) is 8.09. The molecule has 2 aromatic rings. The summed E-state index contributed by atoms with van der Waals surface area (Å²) in [6.45, 7) is 7.55. The minimum absolute atomic E-state index is 0.150. The lowest BCUT2D eigenvalue weighted by Crippen LogP contribution is -2.14. The van der Waals surface area contributed by atoms with Crippen molar-refractivity contribution in [3.63, 3.8) is 0 Å². The zero-order valence-electron chi connectivity index (χ0n) is 14.8. The van der Waals surface area contributed by atoms with Crippen molar-refractivity contribution in [1.29, 1.82) is 0 Å². The number of benzene rings is 1. The number of carbonyl (C=O) groups excluding carboxylic acids is 1. The van der Waals surface area contributed by atoms with E-state index in [0.717, 1.165) is 35.6 Å². The lowest BCUT2D eigenvalue weighted by atomic mass is 10.0. The molecule has 5 heteroatoms. The molecule has 2 N–H and O–H groups in total. The van der Waals surface area contributed by atoms with Gasteiger partial charge in [-0.25, -0.2) is 4.98 Å². The minimum Gasteiger partial charge on any atom is -0.385 e. The smallest absolute Gasteiger partial charge is 0.257 e. The standard InChI is InChI=1S/C19H25N3O2/c1-13-10-14(2)18(15(3)11-13)22-19(23)16-6-7-17(21-12-16)20-8-5-9-24-4/h6-7,10-12H,5,8-9H2,1-4H3,(H,20,21)(H,22,23). The maximum atomic E-state index is 12.4. The molecule has 0 saturated carbocycles. The van der Waals surface area contributed by atoms with Gasteiger partial charge in [-0.3, -0.25) is 4.79 Å². The number of pyridine rings is 1. The normalized spacial score (nSPS) is 10.5. The molecular formula is C19H25N3O2. The molecule has 0 aliphatic carbocycles. The van der Waals surface area contributed by atoms with Crippen LogP contribution in [0.5, 0.6) is 0 Å². The fourth-order valence-corrected chi connectivity index (χ4v) is 2.63. The van der Waals surface area contributed by atoms with Crippen molar-refractivity contribution in [1.82, 2.24) is 4.98 Å².